The number of piperidine rings is 1. The summed E-state index contributed by atoms with van der Waals surface area (Å²) in [7, 11) is 0. The smallest absolute Gasteiger partial charge is 0.230 e. The van der Waals surface area contributed by atoms with Gasteiger partial charge in [-0.2, -0.15) is 4.98 Å². The van der Waals surface area contributed by atoms with Crippen molar-refractivity contribution in [3.63, 3.8) is 0 Å². The Morgan fingerprint density at radius 1 is 1.30 bits per heavy atom. The molecule has 1 aliphatic heterocycles. The van der Waals surface area contributed by atoms with Crippen LogP contribution in [0.3, 0.4) is 0 Å². The average molecular weight is 334 g/mol. The minimum Gasteiger partial charge on any atom is -0.342 e. The van der Waals surface area contributed by atoms with Gasteiger partial charge in [0.1, 0.15) is 0 Å². The highest BCUT2D eigenvalue weighted by molar-refractivity contribution is 6.33. The molecule has 3 rings (SSSR count). The van der Waals surface area contributed by atoms with Crippen LogP contribution in [0.5, 0.6) is 0 Å². The summed E-state index contributed by atoms with van der Waals surface area (Å²) < 4.78 is 5.43. The van der Waals surface area contributed by atoms with Gasteiger partial charge in [-0.15, -0.1) is 0 Å². The largest absolute Gasteiger partial charge is 0.342 e. The summed E-state index contributed by atoms with van der Waals surface area (Å²) in [5, 5.41) is 4.66. The van der Waals surface area contributed by atoms with Crippen LogP contribution >= 0.6 is 11.6 Å². The Labute approximate surface area is 140 Å². The van der Waals surface area contributed by atoms with Gasteiger partial charge in [0.2, 0.25) is 17.6 Å². The lowest BCUT2D eigenvalue weighted by Crippen LogP contribution is -2.40. The first kappa shape index (κ1) is 16.0. The Kier molecular flexibility index (Phi) is 4.66. The van der Waals surface area contributed by atoms with Gasteiger partial charge >= 0.3 is 0 Å². The second-order valence-corrected chi connectivity index (χ2v) is 6.60. The van der Waals surface area contributed by atoms with Gasteiger partial charge < -0.3 is 9.42 Å². The van der Waals surface area contributed by atoms with Crippen LogP contribution in [0.25, 0.3) is 11.4 Å². The number of nitrogens with zero attached hydrogens (tertiary/aromatic N) is 3. The minimum atomic E-state index is 0.0433. The number of likely N-dealkylation sites (tertiary alicyclic amines) is 1. The lowest BCUT2D eigenvalue weighted by atomic mass is 9.96. The summed E-state index contributed by atoms with van der Waals surface area (Å²) in [6.07, 6.45) is 1.70. The highest BCUT2D eigenvalue weighted by atomic mass is 35.5. The second-order valence-electron chi connectivity index (χ2n) is 6.19. The normalized spacial score (nSPS) is 16.1. The van der Waals surface area contributed by atoms with E-state index < -0.39 is 0 Å². The van der Waals surface area contributed by atoms with E-state index in [-0.39, 0.29) is 17.7 Å². The summed E-state index contributed by atoms with van der Waals surface area (Å²) in [5.74, 6) is 1.62. The fourth-order valence-corrected chi connectivity index (χ4v) is 3.09. The molecule has 1 saturated heterocycles. The number of hydrogen-bond acceptors (Lipinski definition) is 4. The molecule has 23 heavy (non-hydrogen) atoms. The molecule has 5 nitrogen and oxygen atoms in total. The maximum absolute atomic E-state index is 12.0. The summed E-state index contributed by atoms with van der Waals surface area (Å²) in [4.78, 5) is 18.5. The van der Waals surface area contributed by atoms with E-state index in [0.717, 1.165) is 31.5 Å². The van der Waals surface area contributed by atoms with Gasteiger partial charge in [0, 0.05) is 30.5 Å². The topological polar surface area (TPSA) is 59.2 Å². The first-order chi connectivity index (χ1) is 11.1. The third kappa shape index (κ3) is 3.39. The van der Waals surface area contributed by atoms with Crippen molar-refractivity contribution in [2.75, 3.05) is 13.1 Å². The molecule has 0 N–H and O–H groups in total. The molecular weight excluding hydrogens is 314 g/mol. The molecule has 0 unspecified atom stereocenters. The highest BCUT2D eigenvalue weighted by Gasteiger charge is 2.28. The van der Waals surface area contributed by atoms with Crippen LogP contribution in [-0.2, 0) is 4.79 Å². The maximum atomic E-state index is 12.0. The number of carbonyl (C=O) groups is 1. The van der Waals surface area contributed by atoms with Gasteiger partial charge in [-0.25, -0.2) is 0 Å². The van der Waals surface area contributed by atoms with Gasteiger partial charge in [0.15, 0.2) is 0 Å². The molecule has 2 aromatic rings. The van der Waals surface area contributed by atoms with Crippen molar-refractivity contribution in [1.29, 1.82) is 0 Å². The number of rotatable bonds is 3. The van der Waals surface area contributed by atoms with Crippen LogP contribution in [0.4, 0.5) is 0 Å². The molecule has 6 heteroatoms. The van der Waals surface area contributed by atoms with E-state index in [1.165, 1.54) is 0 Å². The van der Waals surface area contributed by atoms with Crippen LogP contribution in [0.15, 0.2) is 28.8 Å². The fraction of sp³-hybridized carbons (Fsp3) is 0.471. The van der Waals surface area contributed by atoms with Crippen molar-refractivity contribution in [1.82, 2.24) is 15.0 Å². The van der Waals surface area contributed by atoms with Crippen molar-refractivity contribution in [3.05, 3.63) is 35.2 Å². The molecule has 0 saturated carbocycles. The van der Waals surface area contributed by atoms with Crippen molar-refractivity contribution in [2.24, 2.45) is 5.92 Å². The average Bonchev–Trinajstić information content (AvgIpc) is 3.04. The molecule has 122 valence electrons. The van der Waals surface area contributed by atoms with Crippen molar-refractivity contribution in [3.8, 4) is 11.4 Å². The monoisotopic (exact) mass is 333 g/mol. The van der Waals surface area contributed by atoms with Gasteiger partial charge in [0.25, 0.3) is 0 Å². The maximum Gasteiger partial charge on any atom is 0.230 e. The van der Waals surface area contributed by atoms with E-state index in [1.807, 2.05) is 43.0 Å². The molecule has 1 amide bonds. The first-order valence-corrected chi connectivity index (χ1v) is 8.31. The molecule has 0 atom stereocenters. The first-order valence-electron chi connectivity index (χ1n) is 7.93. The fourth-order valence-electron chi connectivity index (χ4n) is 2.86. The van der Waals surface area contributed by atoms with Gasteiger partial charge in [0.05, 0.1) is 5.02 Å². The molecule has 1 aromatic carbocycles. The number of benzene rings is 1. The summed E-state index contributed by atoms with van der Waals surface area (Å²) in [6.45, 7) is 5.35. The molecule has 0 aliphatic carbocycles. The quantitative estimate of drug-likeness (QED) is 0.858. The van der Waals surface area contributed by atoms with E-state index in [4.69, 9.17) is 16.1 Å². The molecule has 0 bridgehead atoms. The number of hydrogen-bond donors (Lipinski definition) is 0. The molecule has 1 fully saturated rings. The zero-order valence-electron chi connectivity index (χ0n) is 13.3. The highest BCUT2D eigenvalue weighted by Crippen LogP contribution is 2.30. The van der Waals surface area contributed by atoms with Crippen molar-refractivity contribution >= 4 is 17.5 Å². The Morgan fingerprint density at radius 2 is 2.00 bits per heavy atom. The van der Waals surface area contributed by atoms with Crippen LogP contribution in [0.2, 0.25) is 5.02 Å². The van der Waals surface area contributed by atoms with E-state index in [0.29, 0.717) is 16.7 Å². The van der Waals surface area contributed by atoms with Gasteiger partial charge in [-0.3, -0.25) is 4.79 Å². The third-order valence-electron chi connectivity index (χ3n) is 4.21. The van der Waals surface area contributed by atoms with E-state index in [2.05, 4.69) is 10.1 Å². The lowest BCUT2D eigenvalue weighted by Gasteiger charge is -2.31. The van der Waals surface area contributed by atoms with Gasteiger partial charge in [-0.1, -0.05) is 42.7 Å². The van der Waals surface area contributed by atoms with Crippen molar-refractivity contribution in [2.45, 2.75) is 32.6 Å². The molecule has 1 aliphatic rings. The van der Waals surface area contributed by atoms with Crippen LogP contribution in [0, 0.1) is 5.92 Å². The van der Waals surface area contributed by atoms with Crippen LogP contribution in [-0.4, -0.2) is 34.0 Å². The zero-order valence-corrected chi connectivity index (χ0v) is 14.1. The Balaban J connectivity index is 1.68. The molecular formula is C17H20ClN3O2. The summed E-state index contributed by atoms with van der Waals surface area (Å²) >= 11 is 6.17. The SMILES string of the molecule is CC(C)C(=O)N1CCC(c2nc(-c3ccccc3Cl)no2)CC1. The number of amides is 1. The van der Waals surface area contributed by atoms with Gasteiger partial charge in [-0.05, 0) is 25.0 Å². The standard InChI is InChI=1S/C17H20ClN3O2/c1-11(2)17(22)21-9-7-12(8-10-21)16-19-15(20-23-16)13-5-3-4-6-14(13)18/h3-6,11-12H,7-10H2,1-2H3. The van der Waals surface area contributed by atoms with E-state index in [9.17, 15) is 4.79 Å². The number of halogens is 1. The molecule has 0 spiro atoms. The summed E-state index contributed by atoms with van der Waals surface area (Å²) in [5.41, 5.74) is 0.775. The van der Waals surface area contributed by atoms with Crippen LogP contribution < -0.4 is 0 Å². The molecule has 1 aromatic heterocycles. The predicted molar refractivity (Wildman–Crippen MR) is 88.1 cm³/mol. The zero-order chi connectivity index (χ0) is 16.4. The van der Waals surface area contributed by atoms with E-state index in [1.54, 1.807) is 0 Å². The lowest BCUT2D eigenvalue weighted by molar-refractivity contribution is -0.135. The Bertz CT molecular complexity index is 691. The molecule has 2 heterocycles. The van der Waals surface area contributed by atoms with Crippen LogP contribution in [0.1, 0.15) is 38.5 Å². The number of aromatic nitrogens is 2. The minimum absolute atomic E-state index is 0.0433. The second kappa shape index (κ2) is 6.71. The summed E-state index contributed by atoms with van der Waals surface area (Å²) in [6, 6.07) is 7.45. The Morgan fingerprint density at radius 3 is 2.65 bits per heavy atom. The molecule has 0 radical (unpaired) electrons. The Hall–Kier alpha value is -1.88. The van der Waals surface area contributed by atoms with E-state index >= 15 is 0 Å². The number of carbonyl (C=O) groups excluding carboxylic acids is 1. The predicted octanol–water partition coefficient (Wildman–Crippen LogP) is 3.75. The van der Waals surface area contributed by atoms with Crippen molar-refractivity contribution < 1.29 is 9.32 Å². The third-order valence-corrected chi connectivity index (χ3v) is 4.54.